The van der Waals surface area contributed by atoms with Crippen LogP contribution in [0.15, 0.2) is 28.3 Å². The number of aryl methyl sites for hydroxylation is 1. The molecule has 1 N–H and O–H groups in total. The summed E-state index contributed by atoms with van der Waals surface area (Å²) in [5.41, 5.74) is 1.62. The monoisotopic (exact) mass is 448 g/mol. The number of nitrogens with zero attached hydrogens (tertiary/aromatic N) is 5. The van der Waals surface area contributed by atoms with Gasteiger partial charge in [-0.1, -0.05) is 11.8 Å². The summed E-state index contributed by atoms with van der Waals surface area (Å²) in [6.07, 6.45) is 2.36. The van der Waals surface area contributed by atoms with E-state index in [1.54, 1.807) is 12.1 Å². The molecule has 0 unspecified atom stereocenters. The highest BCUT2D eigenvalue weighted by Gasteiger charge is 2.28. The van der Waals surface area contributed by atoms with Gasteiger partial charge in [-0.15, -0.1) is 5.10 Å². The summed E-state index contributed by atoms with van der Waals surface area (Å²) in [6.45, 7) is 4.43. The third-order valence-electron chi connectivity index (χ3n) is 5.50. The molecule has 3 heterocycles. The van der Waals surface area contributed by atoms with Crippen molar-refractivity contribution in [2.45, 2.75) is 48.0 Å². The number of aromatic nitrogens is 5. The molecule has 2 fully saturated rings. The number of sulfonamides is 1. The van der Waals surface area contributed by atoms with Gasteiger partial charge in [-0.3, -0.25) is 5.10 Å². The van der Waals surface area contributed by atoms with Gasteiger partial charge >= 0.3 is 0 Å². The summed E-state index contributed by atoms with van der Waals surface area (Å²) in [5.74, 6) is 3.02. The molecule has 2 aliphatic rings. The Labute approximate surface area is 179 Å². The third-order valence-corrected chi connectivity index (χ3v) is 8.24. The maximum absolute atomic E-state index is 13.0. The van der Waals surface area contributed by atoms with Gasteiger partial charge in [-0.05, 0) is 38.0 Å². The molecule has 1 saturated heterocycles. The lowest BCUT2D eigenvalue weighted by Gasteiger charge is -2.26. The Morgan fingerprint density at radius 3 is 2.77 bits per heavy atom. The Morgan fingerprint density at radius 2 is 2.03 bits per heavy atom. The fourth-order valence-corrected chi connectivity index (χ4v) is 5.89. The lowest BCUT2D eigenvalue weighted by molar-refractivity contribution is 0.0730. The minimum atomic E-state index is -3.54. The van der Waals surface area contributed by atoms with Gasteiger partial charge in [0.05, 0.1) is 34.9 Å². The molecule has 1 aliphatic carbocycles. The average Bonchev–Trinajstić information content (AvgIpc) is 3.40. The average molecular weight is 449 g/mol. The normalized spacial score (nSPS) is 18.3. The van der Waals surface area contributed by atoms with Gasteiger partial charge < -0.3 is 9.30 Å². The van der Waals surface area contributed by atoms with Crippen molar-refractivity contribution in [3.8, 4) is 0 Å². The van der Waals surface area contributed by atoms with E-state index < -0.39 is 10.0 Å². The fraction of sp³-hybridized carbons (Fsp3) is 0.526. The van der Waals surface area contributed by atoms with E-state index in [0.29, 0.717) is 43.5 Å². The third kappa shape index (κ3) is 3.75. The van der Waals surface area contributed by atoms with Crippen molar-refractivity contribution in [1.29, 1.82) is 0 Å². The van der Waals surface area contributed by atoms with Crippen LogP contribution in [0.1, 0.15) is 37.3 Å². The highest BCUT2D eigenvalue weighted by atomic mass is 32.2. The van der Waals surface area contributed by atoms with Crippen LogP contribution < -0.4 is 0 Å². The first-order chi connectivity index (χ1) is 14.6. The number of H-pyrrole nitrogens is 1. The van der Waals surface area contributed by atoms with E-state index in [2.05, 4.69) is 26.7 Å². The number of nitrogens with one attached hydrogen (secondary N) is 1. The van der Waals surface area contributed by atoms with Crippen LogP contribution in [-0.2, 0) is 27.1 Å². The number of aromatic amines is 1. The molecule has 2 aromatic heterocycles. The van der Waals surface area contributed by atoms with E-state index in [9.17, 15) is 8.42 Å². The number of hydrogen-bond donors (Lipinski definition) is 1. The molecule has 0 radical (unpaired) electrons. The highest BCUT2D eigenvalue weighted by molar-refractivity contribution is 7.98. The van der Waals surface area contributed by atoms with Crippen molar-refractivity contribution in [3.05, 3.63) is 29.8 Å². The molecule has 1 saturated carbocycles. The van der Waals surface area contributed by atoms with E-state index in [1.807, 2.05) is 6.07 Å². The molecular weight excluding hydrogens is 424 g/mol. The number of thioether (sulfide) groups is 1. The van der Waals surface area contributed by atoms with Gasteiger partial charge in [0.15, 0.2) is 0 Å². The van der Waals surface area contributed by atoms with Crippen molar-refractivity contribution in [2.24, 2.45) is 0 Å². The van der Waals surface area contributed by atoms with Crippen LogP contribution in [-0.4, -0.2) is 63.8 Å². The Bertz CT molecular complexity index is 1160. The maximum Gasteiger partial charge on any atom is 0.243 e. The van der Waals surface area contributed by atoms with Crippen molar-refractivity contribution >= 4 is 32.8 Å². The smallest absolute Gasteiger partial charge is 0.243 e. The van der Waals surface area contributed by atoms with E-state index >= 15 is 0 Å². The van der Waals surface area contributed by atoms with Crippen molar-refractivity contribution in [2.75, 3.05) is 26.3 Å². The molecule has 1 aliphatic heterocycles. The largest absolute Gasteiger partial charge is 0.379 e. The Kier molecular flexibility index (Phi) is 5.30. The molecule has 160 valence electrons. The van der Waals surface area contributed by atoms with Crippen molar-refractivity contribution < 1.29 is 13.2 Å². The Hall–Kier alpha value is -1.95. The molecule has 9 nitrogen and oxygen atoms in total. The molecule has 0 bridgehead atoms. The SMILES string of the molecule is CCn1c(CSc2n[nH]c(C3CC3)n2)nc2cc(S(=O)(=O)N3CCOCC3)ccc21. The summed E-state index contributed by atoms with van der Waals surface area (Å²) in [5, 5.41) is 8.04. The molecule has 3 aromatic rings. The topological polar surface area (TPSA) is 106 Å². The standard InChI is InChI=1S/C19H24N6O3S2/c1-2-25-16-6-5-14(30(26,27)24-7-9-28-10-8-24)11-15(16)20-17(25)12-29-19-21-18(22-23-19)13-3-4-13/h5-6,11,13H,2-4,7-10,12H2,1H3,(H,21,22,23). The zero-order chi connectivity index (χ0) is 20.7. The molecule has 30 heavy (non-hydrogen) atoms. The van der Waals surface area contributed by atoms with Gasteiger partial charge in [0.2, 0.25) is 15.2 Å². The molecular formula is C19H24N6O3S2. The fourth-order valence-electron chi connectivity index (χ4n) is 3.71. The second-order valence-electron chi connectivity index (χ2n) is 7.51. The van der Waals surface area contributed by atoms with Crippen LogP contribution in [0.4, 0.5) is 0 Å². The number of ether oxygens (including phenoxy) is 1. The number of fused-ring (bicyclic) bond motifs is 1. The highest BCUT2D eigenvalue weighted by Crippen LogP contribution is 2.38. The van der Waals surface area contributed by atoms with E-state index in [-0.39, 0.29) is 4.90 Å². The first-order valence-electron chi connectivity index (χ1n) is 10.2. The van der Waals surface area contributed by atoms with Crippen LogP contribution in [0.2, 0.25) is 0 Å². The number of benzene rings is 1. The minimum absolute atomic E-state index is 0.278. The van der Waals surface area contributed by atoms with Crippen molar-refractivity contribution in [1.82, 2.24) is 29.0 Å². The molecule has 5 rings (SSSR count). The summed E-state index contributed by atoms with van der Waals surface area (Å²) >= 11 is 1.54. The van der Waals surface area contributed by atoms with E-state index in [1.165, 1.54) is 28.9 Å². The van der Waals surface area contributed by atoms with Gasteiger partial charge in [0, 0.05) is 25.6 Å². The second kappa shape index (κ2) is 7.95. The number of hydrogen-bond acceptors (Lipinski definition) is 7. The molecule has 0 spiro atoms. The van der Waals surface area contributed by atoms with Gasteiger partial charge in [0.25, 0.3) is 0 Å². The summed E-state index contributed by atoms with van der Waals surface area (Å²) < 4.78 is 34.8. The zero-order valence-corrected chi connectivity index (χ0v) is 18.4. The molecule has 0 amide bonds. The molecule has 1 aromatic carbocycles. The minimum Gasteiger partial charge on any atom is -0.379 e. The van der Waals surface area contributed by atoms with Crippen molar-refractivity contribution in [3.63, 3.8) is 0 Å². The second-order valence-corrected chi connectivity index (χ2v) is 10.4. The summed E-state index contributed by atoms with van der Waals surface area (Å²) in [6, 6.07) is 5.21. The van der Waals surface area contributed by atoms with E-state index in [0.717, 1.165) is 28.9 Å². The zero-order valence-electron chi connectivity index (χ0n) is 16.7. The predicted octanol–water partition coefficient (Wildman–Crippen LogP) is 2.36. The predicted molar refractivity (Wildman–Crippen MR) is 113 cm³/mol. The lowest BCUT2D eigenvalue weighted by atomic mass is 10.3. The summed E-state index contributed by atoms with van der Waals surface area (Å²) in [4.78, 5) is 9.58. The number of rotatable bonds is 7. The van der Waals surface area contributed by atoms with Gasteiger partial charge in [-0.2, -0.15) is 4.31 Å². The molecule has 0 atom stereocenters. The summed E-state index contributed by atoms with van der Waals surface area (Å²) in [7, 11) is -3.54. The Balaban J connectivity index is 1.40. The quantitative estimate of drug-likeness (QED) is 0.553. The first kappa shape index (κ1) is 20.0. The van der Waals surface area contributed by atoms with Crippen LogP contribution in [0.5, 0.6) is 0 Å². The number of imidazole rings is 1. The van der Waals surface area contributed by atoms with Crippen LogP contribution in [0, 0.1) is 0 Å². The van der Waals surface area contributed by atoms with Gasteiger partial charge in [0.1, 0.15) is 11.6 Å². The maximum atomic E-state index is 13.0. The molecule has 11 heteroatoms. The van der Waals surface area contributed by atoms with Crippen LogP contribution in [0.3, 0.4) is 0 Å². The lowest BCUT2D eigenvalue weighted by Crippen LogP contribution is -2.40. The number of morpholine rings is 1. The van der Waals surface area contributed by atoms with Crippen LogP contribution in [0.25, 0.3) is 11.0 Å². The Morgan fingerprint density at radius 1 is 1.23 bits per heavy atom. The van der Waals surface area contributed by atoms with Crippen LogP contribution >= 0.6 is 11.8 Å². The van der Waals surface area contributed by atoms with E-state index in [4.69, 9.17) is 9.72 Å². The van der Waals surface area contributed by atoms with Gasteiger partial charge in [-0.25, -0.2) is 18.4 Å². The first-order valence-corrected chi connectivity index (χ1v) is 12.6.